The molecule has 118 valence electrons. The Hall–Kier alpha value is -1.63. The van der Waals surface area contributed by atoms with E-state index in [9.17, 15) is 4.79 Å². The van der Waals surface area contributed by atoms with Crippen molar-refractivity contribution >= 4 is 6.09 Å². The minimum absolute atomic E-state index is 0.224. The van der Waals surface area contributed by atoms with Crippen molar-refractivity contribution in [3.63, 3.8) is 0 Å². The van der Waals surface area contributed by atoms with Crippen molar-refractivity contribution in [2.45, 2.75) is 45.3 Å². The van der Waals surface area contributed by atoms with Gasteiger partial charge in [0.15, 0.2) is 5.82 Å². The lowest BCUT2D eigenvalue weighted by molar-refractivity contribution is 0.0291. The van der Waals surface area contributed by atoms with Crippen molar-refractivity contribution in [3.05, 3.63) is 12.2 Å². The summed E-state index contributed by atoms with van der Waals surface area (Å²) in [5.74, 6) is 0.840. The van der Waals surface area contributed by atoms with Gasteiger partial charge in [-0.1, -0.05) is 0 Å². The van der Waals surface area contributed by atoms with Gasteiger partial charge in [-0.05, 0) is 27.2 Å². The molecule has 21 heavy (non-hydrogen) atoms. The summed E-state index contributed by atoms with van der Waals surface area (Å²) in [5, 5.41) is 7.69. The van der Waals surface area contributed by atoms with Crippen LogP contribution in [-0.2, 0) is 18.2 Å². The predicted molar refractivity (Wildman–Crippen MR) is 78.9 cm³/mol. The molecule has 0 bridgehead atoms. The van der Waals surface area contributed by atoms with Gasteiger partial charge in [-0.25, -0.2) is 9.78 Å². The molecule has 0 aromatic carbocycles. The minimum atomic E-state index is -0.437. The maximum Gasteiger partial charge on any atom is 0.410 e. The molecule has 1 aliphatic rings. The summed E-state index contributed by atoms with van der Waals surface area (Å²) in [4.78, 5) is 17.9. The van der Waals surface area contributed by atoms with Gasteiger partial charge in [0.2, 0.25) is 0 Å². The SMILES string of the molecule is Cn1cnc(CCNC2CCN(C(=O)OC(C)(C)C)C2)n1. The maximum atomic E-state index is 12.0. The molecule has 1 N–H and O–H groups in total. The quantitative estimate of drug-likeness (QED) is 0.895. The van der Waals surface area contributed by atoms with Gasteiger partial charge in [0.05, 0.1) is 0 Å². The lowest BCUT2D eigenvalue weighted by atomic mass is 10.2. The number of aryl methyl sites for hydroxylation is 1. The van der Waals surface area contributed by atoms with Crippen LogP contribution in [0.4, 0.5) is 4.79 Å². The molecule has 7 nitrogen and oxygen atoms in total. The zero-order valence-corrected chi connectivity index (χ0v) is 13.3. The lowest BCUT2D eigenvalue weighted by Gasteiger charge is -2.24. The fourth-order valence-electron chi connectivity index (χ4n) is 2.31. The van der Waals surface area contributed by atoms with Gasteiger partial charge in [0, 0.05) is 39.1 Å². The summed E-state index contributed by atoms with van der Waals surface area (Å²) in [6.45, 7) is 7.92. The van der Waals surface area contributed by atoms with E-state index in [1.165, 1.54) is 0 Å². The Morgan fingerprint density at radius 3 is 2.90 bits per heavy atom. The Bertz CT molecular complexity index is 480. The second kappa shape index (κ2) is 6.43. The van der Waals surface area contributed by atoms with Crippen LogP contribution < -0.4 is 5.32 Å². The molecule has 0 saturated carbocycles. The highest BCUT2D eigenvalue weighted by Crippen LogP contribution is 2.15. The lowest BCUT2D eigenvalue weighted by Crippen LogP contribution is -2.38. The van der Waals surface area contributed by atoms with Crippen molar-refractivity contribution in [1.82, 2.24) is 25.0 Å². The van der Waals surface area contributed by atoms with E-state index in [0.29, 0.717) is 12.6 Å². The molecule has 1 atom stereocenters. The van der Waals surface area contributed by atoms with Gasteiger partial charge in [0.1, 0.15) is 11.9 Å². The summed E-state index contributed by atoms with van der Waals surface area (Å²) < 4.78 is 7.09. The van der Waals surface area contributed by atoms with Gasteiger partial charge in [-0.2, -0.15) is 5.10 Å². The smallest absolute Gasteiger partial charge is 0.410 e. The largest absolute Gasteiger partial charge is 0.444 e. The third kappa shape index (κ3) is 5.00. The first-order valence-electron chi connectivity index (χ1n) is 7.39. The number of rotatable bonds is 4. The summed E-state index contributed by atoms with van der Waals surface area (Å²) >= 11 is 0. The second-order valence-electron chi connectivity index (χ2n) is 6.45. The van der Waals surface area contributed by atoms with E-state index in [4.69, 9.17) is 4.74 Å². The van der Waals surface area contributed by atoms with Crippen LogP contribution in [0.5, 0.6) is 0 Å². The molecule has 1 saturated heterocycles. The molecular weight excluding hydrogens is 270 g/mol. The zero-order valence-electron chi connectivity index (χ0n) is 13.3. The van der Waals surface area contributed by atoms with Crippen LogP contribution in [0.1, 0.15) is 33.0 Å². The Kier molecular flexibility index (Phi) is 4.82. The maximum absolute atomic E-state index is 12.0. The monoisotopic (exact) mass is 295 g/mol. The molecular formula is C14H25N5O2. The van der Waals surface area contributed by atoms with E-state index in [2.05, 4.69) is 15.4 Å². The number of hydrogen-bond donors (Lipinski definition) is 1. The first kappa shape index (κ1) is 15.8. The molecule has 1 aliphatic heterocycles. The molecule has 0 spiro atoms. The van der Waals surface area contributed by atoms with Crippen molar-refractivity contribution in [2.24, 2.45) is 7.05 Å². The number of aromatic nitrogens is 3. The fraction of sp³-hybridized carbons (Fsp3) is 0.786. The number of carbonyl (C=O) groups excluding carboxylic acids is 1. The van der Waals surface area contributed by atoms with E-state index in [0.717, 1.165) is 31.8 Å². The average molecular weight is 295 g/mol. The van der Waals surface area contributed by atoms with Crippen LogP contribution in [-0.4, -0.2) is 57.0 Å². The van der Waals surface area contributed by atoms with Crippen LogP contribution in [0, 0.1) is 0 Å². The Morgan fingerprint density at radius 1 is 1.52 bits per heavy atom. The number of nitrogens with one attached hydrogen (secondary N) is 1. The second-order valence-corrected chi connectivity index (χ2v) is 6.45. The normalized spacial score (nSPS) is 19.0. The van der Waals surface area contributed by atoms with Gasteiger partial charge in [0.25, 0.3) is 0 Å². The minimum Gasteiger partial charge on any atom is -0.444 e. The number of carbonyl (C=O) groups is 1. The van der Waals surface area contributed by atoms with Crippen molar-refractivity contribution in [3.8, 4) is 0 Å². The molecule has 1 aromatic rings. The van der Waals surface area contributed by atoms with E-state index in [1.807, 2.05) is 27.8 Å². The van der Waals surface area contributed by atoms with E-state index in [-0.39, 0.29) is 6.09 Å². The van der Waals surface area contributed by atoms with E-state index in [1.54, 1.807) is 15.9 Å². The van der Waals surface area contributed by atoms with Crippen LogP contribution in [0.25, 0.3) is 0 Å². The molecule has 2 heterocycles. The highest BCUT2D eigenvalue weighted by molar-refractivity contribution is 5.68. The summed E-state index contributed by atoms with van der Waals surface area (Å²) in [6, 6.07) is 0.321. The number of ether oxygens (including phenoxy) is 1. The number of nitrogens with zero attached hydrogens (tertiary/aromatic N) is 4. The van der Waals surface area contributed by atoms with Crippen LogP contribution >= 0.6 is 0 Å². The number of hydrogen-bond acceptors (Lipinski definition) is 5. The van der Waals surface area contributed by atoms with Crippen LogP contribution in [0.3, 0.4) is 0 Å². The van der Waals surface area contributed by atoms with Crippen molar-refractivity contribution in [2.75, 3.05) is 19.6 Å². The Balaban J connectivity index is 1.69. The van der Waals surface area contributed by atoms with Crippen molar-refractivity contribution < 1.29 is 9.53 Å². The van der Waals surface area contributed by atoms with Gasteiger partial charge in [-0.15, -0.1) is 0 Å². The molecule has 0 aliphatic carbocycles. The number of amides is 1. The molecule has 0 radical (unpaired) electrons. The molecule has 1 amide bonds. The van der Waals surface area contributed by atoms with Gasteiger partial charge in [-0.3, -0.25) is 4.68 Å². The van der Waals surface area contributed by atoms with Crippen molar-refractivity contribution in [1.29, 1.82) is 0 Å². The molecule has 7 heteroatoms. The van der Waals surface area contributed by atoms with Crippen LogP contribution in [0.2, 0.25) is 0 Å². The molecule has 1 fully saturated rings. The Morgan fingerprint density at radius 2 is 2.29 bits per heavy atom. The van der Waals surface area contributed by atoms with E-state index < -0.39 is 5.60 Å². The van der Waals surface area contributed by atoms with E-state index >= 15 is 0 Å². The fourth-order valence-corrected chi connectivity index (χ4v) is 2.31. The Labute approximate surface area is 125 Å². The summed E-state index contributed by atoms with van der Waals surface area (Å²) in [6.07, 6.45) is 3.23. The summed E-state index contributed by atoms with van der Waals surface area (Å²) in [5.41, 5.74) is -0.437. The third-order valence-electron chi connectivity index (χ3n) is 3.27. The first-order valence-corrected chi connectivity index (χ1v) is 7.39. The molecule has 2 rings (SSSR count). The van der Waals surface area contributed by atoms with Gasteiger partial charge >= 0.3 is 6.09 Å². The zero-order chi connectivity index (χ0) is 15.5. The first-order chi connectivity index (χ1) is 9.83. The highest BCUT2D eigenvalue weighted by Gasteiger charge is 2.29. The predicted octanol–water partition coefficient (Wildman–Crippen LogP) is 0.957. The third-order valence-corrected chi connectivity index (χ3v) is 3.27. The standard InChI is InChI=1S/C14H25N5O2/c1-14(2,3)21-13(20)19-8-6-11(9-19)15-7-5-12-16-10-18(4)17-12/h10-11,15H,5-9H2,1-4H3. The average Bonchev–Trinajstić information content (AvgIpc) is 2.97. The highest BCUT2D eigenvalue weighted by atomic mass is 16.6. The summed E-state index contributed by atoms with van der Waals surface area (Å²) in [7, 11) is 1.86. The van der Waals surface area contributed by atoms with Gasteiger partial charge < -0.3 is 15.0 Å². The molecule has 1 unspecified atom stereocenters. The number of likely N-dealkylation sites (tertiary alicyclic amines) is 1. The topological polar surface area (TPSA) is 72.3 Å². The molecule has 1 aromatic heterocycles. The van der Waals surface area contributed by atoms with Crippen LogP contribution in [0.15, 0.2) is 6.33 Å².